The van der Waals surface area contributed by atoms with E-state index in [1.165, 1.54) is 0 Å². The van der Waals surface area contributed by atoms with Crippen LogP contribution in [0.4, 0.5) is 0 Å². The van der Waals surface area contributed by atoms with Crippen molar-refractivity contribution < 1.29 is 9.90 Å². The van der Waals surface area contributed by atoms with Gasteiger partial charge >= 0.3 is 0 Å². The Morgan fingerprint density at radius 1 is 1.24 bits per heavy atom. The van der Waals surface area contributed by atoms with Gasteiger partial charge in [-0.1, -0.05) is 37.3 Å². The molecule has 1 fully saturated rings. The smallest absolute Gasteiger partial charge is 0.252 e. The Kier molecular flexibility index (Phi) is 3.79. The lowest BCUT2D eigenvalue weighted by Gasteiger charge is -2.24. The molecule has 2 rings (SSSR count). The summed E-state index contributed by atoms with van der Waals surface area (Å²) in [6.45, 7) is 3.47. The molecule has 0 spiro atoms. The van der Waals surface area contributed by atoms with Crippen LogP contribution in [0.5, 0.6) is 0 Å². The predicted molar refractivity (Wildman–Crippen MR) is 66.7 cm³/mol. The monoisotopic (exact) mass is 233 g/mol. The maximum atomic E-state index is 12.0. The van der Waals surface area contributed by atoms with Gasteiger partial charge in [-0.3, -0.25) is 4.79 Å². The molecule has 1 amide bonds. The van der Waals surface area contributed by atoms with E-state index in [4.69, 9.17) is 0 Å². The molecular weight excluding hydrogens is 214 g/mol. The Bertz CT molecular complexity index is 371. The third-order valence-electron chi connectivity index (χ3n) is 3.47. The number of benzene rings is 1. The fourth-order valence-corrected chi connectivity index (χ4v) is 2.28. The summed E-state index contributed by atoms with van der Waals surface area (Å²) in [5.41, 5.74) is 1.01. The Morgan fingerprint density at radius 2 is 1.82 bits per heavy atom. The topological polar surface area (TPSA) is 40.5 Å². The molecule has 0 bridgehead atoms. The molecule has 17 heavy (non-hydrogen) atoms. The van der Waals surface area contributed by atoms with E-state index in [9.17, 15) is 9.90 Å². The molecule has 0 aromatic heterocycles. The number of rotatable bonds is 3. The van der Waals surface area contributed by atoms with E-state index < -0.39 is 6.10 Å². The number of carbonyl (C=O) groups is 1. The number of likely N-dealkylation sites (tertiary alicyclic amines) is 1. The van der Waals surface area contributed by atoms with E-state index in [1.54, 1.807) is 4.90 Å². The zero-order valence-corrected chi connectivity index (χ0v) is 10.2. The van der Waals surface area contributed by atoms with E-state index in [-0.39, 0.29) is 11.8 Å². The fourth-order valence-electron chi connectivity index (χ4n) is 2.28. The first-order chi connectivity index (χ1) is 8.20. The van der Waals surface area contributed by atoms with Crippen molar-refractivity contribution in [1.29, 1.82) is 0 Å². The molecule has 1 aromatic carbocycles. The normalized spacial score (nSPS) is 19.1. The predicted octanol–water partition coefficient (Wildman–Crippen LogP) is 1.77. The molecule has 1 aliphatic rings. The highest BCUT2D eigenvalue weighted by molar-refractivity contribution is 5.82. The summed E-state index contributed by atoms with van der Waals surface area (Å²) in [4.78, 5) is 13.8. The van der Waals surface area contributed by atoms with Gasteiger partial charge in [-0.2, -0.15) is 0 Å². The molecule has 1 heterocycles. The van der Waals surface area contributed by atoms with Gasteiger partial charge in [0.2, 0.25) is 0 Å². The highest BCUT2D eigenvalue weighted by Crippen LogP contribution is 2.21. The SMILES string of the molecule is C[C@H](c1ccccc1)[C@H](O)C(=O)N1CCCC1. The average Bonchev–Trinajstić information content (AvgIpc) is 2.91. The van der Waals surface area contributed by atoms with Crippen LogP contribution in [-0.4, -0.2) is 35.1 Å². The van der Waals surface area contributed by atoms with Gasteiger partial charge in [0.15, 0.2) is 0 Å². The Hall–Kier alpha value is -1.35. The molecular formula is C14H19NO2. The van der Waals surface area contributed by atoms with Crippen LogP contribution in [-0.2, 0) is 4.79 Å². The summed E-state index contributed by atoms with van der Waals surface area (Å²) in [6, 6.07) is 9.69. The highest BCUT2D eigenvalue weighted by atomic mass is 16.3. The van der Waals surface area contributed by atoms with Gasteiger partial charge in [0, 0.05) is 19.0 Å². The number of hydrogen-bond acceptors (Lipinski definition) is 2. The Balaban J connectivity index is 2.04. The molecule has 1 N–H and O–H groups in total. The largest absolute Gasteiger partial charge is 0.383 e. The van der Waals surface area contributed by atoms with E-state index in [1.807, 2.05) is 37.3 Å². The highest BCUT2D eigenvalue weighted by Gasteiger charge is 2.29. The first kappa shape index (κ1) is 12.1. The second-order valence-corrected chi connectivity index (χ2v) is 4.68. The maximum Gasteiger partial charge on any atom is 0.252 e. The van der Waals surface area contributed by atoms with Crippen LogP contribution in [0.15, 0.2) is 30.3 Å². The molecule has 92 valence electrons. The van der Waals surface area contributed by atoms with Gasteiger partial charge in [0.1, 0.15) is 6.10 Å². The van der Waals surface area contributed by atoms with Crippen molar-refractivity contribution in [2.45, 2.75) is 31.8 Å². The fraction of sp³-hybridized carbons (Fsp3) is 0.500. The summed E-state index contributed by atoms with van der Waals surface area (Å²) in [6.07, 6.45) is 1.19. The second kappa shape index (κ2) is 5.32. The number of hydrogen-bond donors (Lipinski definition) is 1. The van der Waals surface area contributed by atoms with Crippen molar-refractivity contribution in [3.63, 3.8) is 0 Å². The molecule has 2 atom stereocenters. The molecule has 0 radical (unpaired) electrons. The first-order valence-corrected chi connectivity index (χ1v) is 6.22. The lowest BCUT2D eigenvalue weighted by atomic mass is 9.94. The molecule has 1 aliphatic heterocycles. The van der Waals surface area contributed by atoms with Gasteiger partial charge in [0.25, 0.3) is 5.91 Å². The minimum absolute atomic E-state index is 0.126. The van der Waals surface area contributed by atoms with Crippen LogP contribution >= 0.6 is 0 Å². The third kappa shape index (κ3) is 2.67. The average molecular weight is 233 g/mol. The summed E-state index contributed by atoms with van der Waals surface area (Å²) in [5, 5.41) is 10.1. The number of carbonyl (C=O) groups excluding carboxylic acids is 1. The van der Waals surface area contributed by atoms with Crippen LogP contribution in [0.1, 0.15) is 31.2 Å². The molecule has 1 aromatic rings. The standard InChI is InChI=1S/C14H19NO2/c1-11(12-7-3-2-4-8-12)13(16)14(17)15-9-5-6-10-15/h2-4,7-8,11,13,16H,5-6,9-10H2,1H3/t11-,13+/m1/s1. The minimum Gasteiger partial charge on any atom is -0.383 e. The number of nitrogens with zero attached hydrogens (tertiary/aromatic N) is 1. The molecule has 0 saturated carbocycles. The number of amides is 1. The van der Waals surface area contributed by atoms with E-state index in [2.05, 4.69) is 0 Å². The van der Waals surface area contributed by atoms with Gasteiger partial charge in [-0.05, 0) is 18.4 Å². The van der Waals surface area contributed by atoms with E-state index in [0.717, 1.165) is 31.5 Å². The maximum absolute atomic E-state index is 12.0. The van der Waals surface area contributed by atoms with E-state index >= 15 is 0 Å². The zero-order chi connectivity index (χ0) is 12.3. The first-order valence-electron chi connectivity index (χ1n) is 6.22. The molecule has 1 saturated heterocycles. The lowest BCUT2D eigenvalue weighted by Crippen LogP contribution is -2.39. The van der Waals surface area contributed by atoms with Gasteiger partial charge in [-0.25, -0.2) is 0 Å². The summed E-state index contributed by atoms with van der Waals surface area (Å²) in [7, 11) is 0. The zero-order valence-electron chi connectivity index (χ0n) is 10.2. The van der Waals surface area contributed by atoms with Crippen molar-refractivity contribution >= 4 is 5.91 Å². The summed E-state index contributed by atoms with van der Waals surface area (Å²) >= 11 is 0. The van der Waals surface area contributed by atoms with Crippen LogP contribution in [0.3, 0.4) is 0 Å². The van der Waals surface area contributed by atoms with Crippen molar-refractivity contribution in [3.8, 4) is 0 Å². The minimum atomic E-state index is -0.921. The third-order valence-corrected chi connectivity index (χ3v) is 3.47. The van der Waals surface area contributed by atoms with Gasteiger partial charge < -0.3 is 10.0 Å². The number of aliphatic hydroxyl groups is 1. The van der Waals surface area contributed by atoms with Crippen LogP contribution in [0.25, 0.3) is 0 Å². The van der Waals surface area contributed by atoms with Crippen molar-refractivity contribution in [1.82, 2.24) is 4.90 Å². The lowest BCUT2D eigenvalue weighted by molar-refractivity contribution is -0.140. The molecule has 3 nitrogen and oxygen atoms in total. The van der Waals surface area contributed by atoms with Crippen LogP contribution in [0.2, 0.25) is 0 Å². The number of aliphatic hydroxyl groups excluding tert-OH is 1. The quantitative estimate of drug-likeness (QED) is 0.864. The molecule has 3 heteroatoms. The molecule has 0 aliphatic carbocycles. The van der Waals surface area contributed by atoms with E-state index in [0.29, 0.717) is 0 Å². The van der Waals surface area contributed by atoms with Crippen LogP contribution < -0.4 is 0 Å². The van der Waals surface area contributed by atoms with Crippen molar-refractivity contribution in [2.75, 3.05) is 13.1 Å². The molecule has 0 unspecified atom stereocenters. The van der Waals surface area contributed by atoms with Crippen molar-refractivity contribution in [2.24, 2.45) is 0 Å². The van der Waals surface area contributed by atoms with Crippen LogP contribution in [0, 0.1) is 0 Å². The summed E-state index contributed by atoms with van der Waals surface area (Å²) in [5.74, 6) is -0.275. The van der Waals surface area contributed by atoms with Gasteiger partial charge in [0.05, 0.1) is 0 Å². The summed E-state index contributed by atoms with van der Waals surface area (Å²) < 4.78 is 0. The van der Waals surface area contributed by atoms with Crippen molar-refractivity contribution in [3.05, 3.63) is 35.9 Å². The Morgan fingerprint density at radius 3 is 2.41 bits per heavy atom. The Labute approximate surface area is 102 Å². The van der Waals surface area contributed by atoms with Gasteiger partial charge in [-0.15, -0.1) is 0 Å². The second-order valence-electron chi connectivity index (χ2n) is 4.68.